The SMILES string of the molecule is CC(C)(C)Cc1nc2cc(NC(=O)CCC3CCNC3)ccc2o1.Cl. The summed E-state index contributed by atoms with van der Waals surface area (Å²) in [6.07, 6.45) is 3.48. The zero-order valence-corrected chi connectivity index (χ0v) is 16.0. The molecule has 0 radical (unpaired) electrons. The molecule has 1 aliphatic rings. The van der Waals surface area contributed by atoms with Gasteiger partial charge in [-0.1, -0.05) is 20.8 Å². The van der Waals surface area contributed by atoms with E-state index in [0.717, 1.165) is 48.6 Å². The second kappa shape index (κ2) is 8.19. The average molecular weight is 366 g/mol. The normalized spacial score (nSPS) is 17.5. The number of rotatable bonds is 5. The van der Waals surface area contributed by atoms with Crippen LogP contribution in [0.1, 0.15) is 45.9 Å². The summed E-state index contributed by atoms with van der Waals surface area (Å²) in [6, 6.07) is 5.65. The molecule has 0 spiro atoms. The Bertz CT molecular complexity index is 715. The predicted octanol–water partition coefficient (Wildman–Crippen LogP) is 4.17. The van der Waals surface area contributed by atoms with E-state index < -0.39 is 0 Å². The molecule has 0 aliphatic carbocycles. The van der Waals surface area contributed by atoms with Crippen LogP contribution in [0.2, 0.25) is 0 Å². The number of amides is 1. The van der Waals surface area contributed by atoms with Crippen LogP contribution in [-0.4, -0.2) is 24.0 Å². The molecule has 2 heterocycles. The fourth-order valence-corrected chi connectivity index (χ4v) is 3.10. The van der Waals surface area contributed by atoms with Gasteiger partial charge in [-0.3, -0.25) is 4.79 Å². The molecule has 2 N–H and O–H groups in total. The number of nitrogens with zero attached hydrogens (tertiary/aromatic N) is 1. The third-order valence-corrected chi connectivity index (χ3v) is 4.34. The molecule has 1 amide bonds. The minimum absolute atomic E-state index is 0. The summed E-state index contributed by atoms with van der Waals surface area (Å²) in [7, 11) is 0. The Hall–Kier alpha value is -1.59. The van der Waals surface area contributed by atoms with Crippen molar-refractivity contribution in [3.63, 3.8) is 0 Å². The highest BCUT2D eigenvalue weighted by atomic mass is 35.5. The summed E-state index contributed by atoms with van der Waals surface area (Å²) in [6.45, 7) is 8.59. The van der Waals surface area contributed by atoms with Gasteiger partial charge in [-0.05, 0) is 55.5 Å². The highest BCUT2D eigenvalue weighted by Crippen LogP contribution is 2.25. The first-order chi connectivity index (χ1) is 11.4. The highest BCUT2D eigenvalue weighted by molar-refractivity contribution is 5.92. The average Bonchev–Trinajstić information content (AvgIpc) is 3.11. The number of anilines is 1. The first-order valence-electron chi connectivity index (χ1n) is 8.79. The maximum atomic E-state index is 12.1. The van der Waals surface area contributed by atoms with Crippen LogP contribution in [0.5, 0.6) is 0 Å². The Kier molecular flexibility index (Phi) is 6.47. The van der Waals surface area contributed by atoms with Gasteiger partial charge in [0.05, 0.1) is 0 Å². The van der Waals surface area contributed by atoms with Crippen molar-refractivity contribution in [2.75, 3.05) is 18.4 Å². The van der Waals surface area contributed by atoms with Gasteiger partial charge in [0.25, 0.3) is 0 Å². The molecule has 1 aromatic carbocycles. The summed E-state index contributed by atoms with van der Waals surface area (Å²) < 4.78 is 5.79. The van der Waals surface area contributed by atoms with Gasteiger partial charge in [-0.15, -0.1) is 12.4 Å². The van der Waals surface area contributed by atoms with Gasteiger partial charge in [-0.25, -0.2) is 4.98 Å². The van der Waals surface area contributed by atoms with Crippen LogP contribution in [0.3, 0.4) is 0 Å². The maximum absolute atomic E-state index is 12.1. The van der Waals surface area contributed by atoms with Gasteiger partial charge in [-0.2, -0.15) is 0 Å². The molecule has 1 atom stereocenters. The molecular formula is C19H28ClN3O2. The Morgan fingerprint density at radius 1 is 1.40 bits per heavy atom. The lowest BCUT2D eigenvalue weighted by Crippen LogP contribution is -2.14. The molecule has 5 nitrogen and oxygen atoms in total. The molecule has 1 saturated heterocycles. The minimum atomic E-state index is 0. The number of carbonyl (C=O) groups excluding carboxylic acids is 1. The molecule has 3 rings (SSSR count). The van der Waals surface area contributed by atoms with Crippen LogP contribution in [0.25, 0.3) is 11.1 Å². The monoisotopic (exact) mass is 365 g/mol. The Balaban J connectivity index is 0.00000225. The highest BCUT2D eigenvalue weighted by Gasteiger charge is 2.17. The Labute approximate surface area is 155 Å². The van der Waals surface area contributed by atoms with Crippen molar-refractivity contribution in [3.8, 4) is 0 Å². The third-order valence-electron chi connectivity index (χ3n) is 4.34. The quantitative estimate of drug-likeness (QED) is 0.834. The van der Waals surface area contributed by atoms with E-state index in [9.17, 15) is 4.79 Å². The van der Waals surface area contributed by atoms with E-state index in [1.54, 1.807) is 0 Å². The lowest BCUT2D eigenvalue weighted by molar-refractivity contribution is -0.116. The summed E-state index contributed by atoms with van der Waals surface area (Å²) in [5.74, 6) is 1.45. The zero-order chi connectivity index (χ0) is 17.2. The summed E-state index contributed by atoms with van der Waals surface area (Å²) in [5, 5.41) is 6.31. The predicted molar refractivity (Wildman–Crippen MR) is 103 cm³/mol. The van der Waals surface area contributed by atoms with E-state index in [2.05, 4.69) is 36.4 Å². The van der Waals surface area contributed by atoms with Crippen LogP contribution in [0.15, 0.2) is 22.6 Å². The smallest absolute Gasteiger partial charge is 0.224 e. The van der Waals surface area contributed by atoms with Crippen molar-refractivity contribution in [2.24, 2.45) is 11.3 Å². The number of hydrogen-bond acceptors (Lipinski definition) is 4. The lowest BCUT2D eigenvalue weighted by atomic mass is 9.92. The molecule has 6 heteroatoms. The fourth-order valence-electron chi connectivity index (χ4n) is 3.10. The van der Waals surface area contributed by atoms with Gasteiger partial charge < -0.3 is 15.1 Å². The van der Waals surface area contributed by atoms with E-state index in [4.69, 9.17) is 4.42 Å². The second-order valence-electron chi connectivity index (χ2n) is 7.97. The number of hydrogen-bond donors (Lipinski definition) is 2. The van der Waals surface area contributed by atoms with Crippen molar-refractivity contribution in [1.29, 1.82) is 0 Å². The van der Waals surface area contributed by atoms with Crippen molar-refractivity contribution in [3.05, 3.63) is 24.1 Å². The Morgan fingerprint density at radius 2 is 2.20 bits per heavy atom. The van der Waals surface area contributed by atoms with Crippen molar-refractivity contribution in [1.82, 2.24) is 10.3 Å². The third kappa shape index (κ3) is 5.72. The van der Waals surface area contributed by atoms with Gasteiger partial charge >= 0.3 is 0 Å². The minimum Gasteiger partial charge on any atom is -0.441 e. The standard InChI is InChI=1S/C19H27N3O2.ClH/c1-19(2,3)11-18-22-15-10-14(5-6-16(15)24-18)21-17(23)7-4-13-8-9-20-12-13;/h5-6,10,13,20H,4,7-9,11-12H2,1-3H3,(H,21,23);1H. The van der Waals surface area contributed by atoms with E-state index in [0.29, 0.717) is 12.3 Å². The molecular weight excluding hydrogens is 338 g/mol. The van der Waals surface area contributed by atoms with Crippen LogP contribution >= 0.6 is 12.4 Å². The number of oxazole rings is 1. The number of carbonyl (C=O) groups is 1. The lowest BCUT2D eigenvalue weighted by Gasteiger charge is -2.14. The van der Waals surface area contributed by atoms with Gasteiger partial charge in [0.2, 0.25) is 5.91 Å². The van der Waals surface area contributed by atoms with Crippen molar-refractivity contribution in [2.45, 2.75) is 46.5 Å². The molecule has 0 saturated carbocycles. The molecule has 0 bridgehead atoms. The van der Waals surface area contributed by atoms with E-state index in [1.165, 1.54) is 6.42 Å². The molecule has 25 heavy (non-hydrogen) atoms. The van der Waals surface area contributed by atoms with Crippen LogP contribution in [0.4, 0.5) is 5.69 Å². The zero-order valence-electron chi connectivity index (χ0n) is 15.2. The number of fused-ring (bicyclic) bond motifs is 1. The molecule has 138 valence electrons. The largest absolute Gasteiger partial charge is 0.441 e. The van der Waals surface area contributed by atoms with Crippen molar-refractivity contribution >= 4 is 35.1 Å². The summed E-state index contributed by atoms with van der Waals surface area (Å²) >= 11 is 0. The van der Waals surface area contributed by atoms with E-state index in [1.807, 2.05) is 18.2 Å². The number of aromatic nitrogens is 1. The second-order valence-corrected chi connectivity index (χ2v) is 7.97. The maximum Gasteiger partial charge on any atom is 0.224 e. The number of nitrogens with one attached hydrogen (secondary N) is 2. The van der Waals surface area contributed by atoms with Crippen molar-refractivity contribution < 1.29 is 9.21 Å². The van der Waals surface area contributed by atoms with Crippen LogP contribution < -0.4 is 10.6 Å². The van der Waals surface area contributed by atoms with Gasteiger partial charge in [0.15, 0.2) is 11.5 Å². The van der Waals surface area contributed by atoms with Crippen LogP contribution in [-0.2, 0) is 11.2 Å². The molecule has 2 aromatic rings. The van der Waals surface area contributed by atoms with E-state index in [-0.39, 0.29) is 23.7 Å². The summed E-state index contributed by atoms with van der Waals surface area (Å²) in [5.41, 5.74) is 2.48. The molecule has 1 fully saturated rings. The molecule has 1 unspecified atom stereocenters. The fraction of sp³-hybridized carbons (Fsp3) is 0.579. The molecule has 1 aliphatic heterocycles. The van der Waals surface area contributed by atoms with E-state index >= 15 is 0 Å². The first-order valence-corrected chi connectivity index (χ1v) is 8.79. The topological polar surface area (TPSA) is 67.2 Å². The number of benzene rings is 1. The Morgan fingerprint density at radius 3 is 2.88 bits per heavy atom. The summed E-state index contributed by atoms with van der Waals surface area (Å²) in [4.78, 5) is 16.7. The first kappa shape index (κ1) is 19.7. The molecule has 1 aromatic heterocycles. The van der Waals surface area contributed by atoms with Crippen LogP contribution in [0, 0.1) is 11.3 Å². The van der Waals surface area contributed by atoms with Gasteiger partial charge in [0.1, 0.15) is 5.52 Å². The number of halogens is 1. The van der Waals surface area contributed by atoms with Gasteiger partial charge in [0, 0.05) is 18.5 Å².